The van der Waals surface area contributed by atoms with Crippen LogP contribution >= 0.6 is 0 Å². The van der Waals surface area contributed by atoms with Gasteiger partial charge in [0.1, 0.15) is 6.54 Å². The molecule has 0 atom stereocenters. The molecule has 0 radical (unpaired) electrons. The Balaban J connectivity index is 2.34. The number of hydrogen-bond acceptors (Lipinski definition) is 4. The Hall–Kier alpha value is -2.37. The second-order valence-corrected chi connectivity index (χ2v) is 3.35. The standard InChI is InChI=1S/C12H12N4O/c13-4-5-16-12(17)9-15-8-11-3-1-2-10(6-11)7-14/h1-3,6,15H,5,8-9H2,(H,16,17). The number of benzene rings is 1. The molecule has 0 aliphatic heterocycles. The average Bonchev–Trinajstić information content (AvgIpc) is 2.36. The smallest absolute Gasteiger partial charge is 0.234 e. The van der Waals surface area contributed by atoms with Gasteiger partial charge >= 0.3 is 0 Å². The number of nitriles is 2. The first kappa shape index (κ1) is 12.7. The van der Waals surface area contributed by atoms with Crippen LogP contribution in [0.4, 0.5) is 0 Å². The number of nitrogens with zero attached hydrogens (tertiary/aromatic N) is 2. The summed E-state index contributed by atoms with van der Waals surface area (Å²) in [6.45, 7) is 0.679. The molecular weight excluding hydrogens is 216 g/mol. The molecule has 17 heavy (non-hydrogen) atoms. The van der Waals surface area contributed by atoms with E-state index >= 15 is 0 Å². The lowest BCUT2D eigenvalue weighted by molar-refractivity contribution is -0.120. The van der Waals surface area contributed by atoms with Gasteiger partial charge in [-0.1, -0.05) is 12.1 Å². The largest absolute Gasteiger partial charge is 0.342 e. The van der Waals surface area contributed by atoms with Crippen LogP contribution in [0.25, 0.3) is 0 Å². The Labute approximate surface area is 99.7 Å². The molecule has 0 spiro atoms. The van der Waals surface area contributed by atoms with Crippen molar-refractivity contribution >= 4 is 5.91 Å². The fourth-order valence-corrected chi connectivity index (χ4v) is 1.27. The maximum Gasteiger partial charge on any atom is 0.234 e. The van der Waals surface area contributed by atoms with Crippen molar-refractivity contribution < 1.29 is 4.79 Å². The lowest BCUT2D eigenvalue weighted by Gasteiger charge is -2.04. The highest BCUT2D eigenvalue weighted by atomic mass is 16.1. The van der Waals surface area contributed by atoms with Crippen LogP contribution in [0.3, 0.4) is 0 Å². The monoisotopic (exact) mass is 228 g/mol. The van der Waals surface area contributed by atoms with Gasteiger partial charge in [-0.05, 0) is 17.7 Å². The molecule has 0 aliphatic carbocycles. The van der Waals surface area contributed by atoms with Crippen molar-refractivity contribution in [3.63, 3.8) is 0 Å². The van der Waals surface area contributed by atoms with Crippen LogP contribution in [-0.2, 0) is 11.3 Å². The summed E-state index contributed by atoms with van der Waals surface area (Å²) in [6.07, 6.45) is 0. The van der Waals surface area contributed by atoms with Crippen LogP contribution in [-0.4, -0.2) is 19.0 Å². The lowest BCUT2D eigenvalue weighted by atomic mass is 10.1. The first-order valence-electron chi connectivity index (χ1n) is 5.09. The molecule has 0 aromatic heterocycles. The number of hydrogen-bond donors (Lipinski definition) is 2. The van der Waals surface area contributed by atoms with Crippen LogP contribution in [0.1, 0.15) is 11.1 Å². The van der Waals surface area contributed by atoms with E-state index in [1.54, 1.807) is 18.2 Å². The van der Waals surface area contributed by atoms with E-state index in [1.165, 1.54) is 0 Å². The number of nitrogens with one attached hydrogen (secondary N) is 2. The van der Waals surface area contributed by atoms with Crippen molar-refractivity contribution in [3.05, 3.63) is 35.4 Å². The van der Waals surface area contributed by atoms with Crippen molar-refractivity contribution in [2.45, 2.75) is 6.54 Å². The van der Waals surface area contributed by atoms with Gasteiger partial charge in [0.25, 0.3) is 0 Å². The Bertz CT molecular complexity index is 470. The summed E-state index contributed by atoms with van der Waals surface area (Å²) in [6, 6.07) is 11.0. The van der Waals surface area contributed by atoms with E-state index in [0.717, 1.165) is 5.56 Å². The summed E-state index contributed by atoms with van der Waals surface area (Å²) in [5, 5.41) is 22.3. The number of carbonyl (C=O) groups excluding carboxylic acids is 1. The molecule has 1 amide bonds. The van der Waals surface area contributed by atoms with E-state index in [1.807, 2.05) is 12.1 Å². The normalized spacial score (nSPS) is 9.06. The van der Waals surface area contributed by atoms with Gasteiger partial charge in [-0.25, -0.2) is 0 Å². The topological polar surface area (TPSA) is 88.7 Å². The molecule has 5 heteroatoms. The van der Waals surface area contributed by atoms with Crippen molar-refractivity contribution in [2.75, 3.05) is 13.1 Å². The molecular formula is C12H12N4O. The fraction of sp³-hybridized carbons (Fsp3) is 0.250. The third kappa shape index (κ3) is 4.78. The number of carbonyl (C=O) groups is 1. The molecule has 1 aromatic carbocycles. The summed E-state index contributed by atoms with van der Waals surface area (Å²) < 4.78 is 0. The van der Waals surface area contributed by atoms with Crippen LogP contribution in [0.15, 0.2) is 24.3 Å². The number of amides is 1. The molecule has 2 N–H and O–H groups in total. The minimum absolute atomic E-state index is 0.0183. The summed E-state index contributed by atoms with van der Waals surface area (Å²) in [5.41, 5.74) is 1.54. The predicted octanol–water partition coefficient (Wildman–Crippen LogP) is 0.288. The van der Waals surface area contributed by atoms with Gasteiger partial charge in [0.15, 0.2) is 0 Å². The fourth-order valence-electron chi connectivity index (χ4n) is 1.27. The Kier molecular flexibility index (Phi) is 5.23. The summed E-state index contributed by atoms with van der Waals surface area (Å²) in [4.78, 5) is 11.1. The zero-order valence-electron chi connectivity index (χ0n) is 9.23. The van der Waals surface area contributed by atoms with Gasteiger partial charge in [-0.3, -0.25) is 4.79 Å². The van der Waals surface area contributed by atoms with Gasteiger partial charge in [0.05, 0.1) is 24.2 Å². The third-order valence-corrected chi connectivity index (χ3v) is 2.04. The Morgan fingerprint density at radius 3 is 2.88 bits per heavy atom. The van der Waals surface area contributed by atoms with E-state index < -0.39 is 0 Å². The van der Waals surface area contributed by atoms with Crippen LogP contribution in [0.2, 0.25) is 0 Å². The molecule has 0 heterocycles. The van der Waals surface area contributed by atoms with Crippen molar-refractivity contribution in [3.8, 4) is 12.1 Å². The van der Waals surface area contributed by atoms with E-state index in [0.29, 0.717) is 12.1 Å². The molecule has 0 saturated heterocycles. The van der Waals surface area contributed by atoms with Gasteiger partial charge in [0.2, 0.25) is 5.91 Å². The van der Waals surface area contributed by atoms with Crippen molar-refractivity contribution in [1.82, 2.24) is 10.6 Å². The SMILES string of the molecule is N#CCNC(=O)CNCc1cccc(C#N)c1. The average molecular weight is 228 g/mol. The quantitative estimate of drug-likeness (QED) is 0.709. The van der Waals surface area contributed by atoms with Gasteiger partial charge < -0.3 is 10.6 Å². The third-order valence-electron chi connectivity index (χ3n) is 2.04. The minimum Gasteiger partial charge on any atom is -0.342 e. The lowest BCUT2D eigenvalue weighted by Crippen LogP contribution is -2.33. The molecule has 86 valence electrons. The molecule has 1 rings (SSSR count). The van der Waals surface area contributed by atoms with Crippen LogP contribution in [0.5, 0.6) is 0 Å². The molecule has 1 aromatic rings. The highest BCUT2D eigenvalue weighted by molar-refractivity contribution is 5.78. The zero-order chi connectivity index (χ0) is 12.5. The summed E-state index contributed by atoms with van der Waals surface area (Å²) >= 11 is 0. The molecule has 0 fully saturated rings. The van der Waals surface area contributed by atoms with Crippen LogP contribution < -0.4 is 10.6 Å². The molecule has 0 saturated carbocycles. The van der Waals surface area contributed by atoms with Crippen LogP contribution in [0, 0.1) is 22.7 Å². The predicted molar refractivity (Wildman–Crippen MR) is 61.5 cm³/mol. The molecule has 0 aliphatic rings. The summed E-state index contributed by atoms with van der Waals surface area (Å²) in [7, 11) is 0. The molecule has 5 nitrogen and oxygen atoms in total. The zero-order valence-corrected chi connectivity index (χ0v) is 9.23. The van der Waals surface area contributed by atoms with Crippen molar-refractivity contribution in [1.29, 1.82) is 10.5 Å². The van der Waals surface area contributed by atoms with E-state index in [9.17, 15) is 4.79 Å². The van der Waals surface area contributed by atoms with Gasteiger partial charge in [-0.2, -0.15) is 10.5 Å². The maximum atomic E-state index is 11.1. The number of rotatable bonds is 5. The molecule has 0 bridgehead atoms. The first-order chi connectivity index (χ1) is 8.26. The van der Waals surface area contributed by atoms with E-state index in [4.69, 9.17) is 10.5 Å². The minimum atomic E-state index is -0.219. The first-order valence-corrected chi connectivity index (χ1v) is 5.09. The highest BCUT2D eigenvalue weighted by Gasteiger charge is 2.00. The van der Waals surface area contributed by atoms with Crippen molar-refractivity contribution in [2.24, 2.45) is 0 Å². The second-order valence-electron chi connectivity index (χ2n) is 3.35. The Morgan fingerprint density at radius 1 is 1.35 bits per heavy atom. The maximum absolute atomic E-state index is 11.1. The summed E-state index contributed by atoms with van der Waals surface area (Å²) in [5.74, 6) is -0.219. The van der Waals surface area contributed by atoms with E-state index in [2.05, 4.69) is 16.7 Å². The van der Waals surface area contributed by atoms with Gasteiger partial charge in [0, 0.05) is 6.54 Å². The van der Waals surface area contributed by atoms with Gasteiger partial charge in [-0.15, -0.1) is 0 Å². The second kappa shape index (κ2) is 7.00. The highest BCUT2D eigenvalue weighted by Crippen LogP contribution is 2.03. The molecule has 0 unspecified atom stereocenters. The van der Waals surface area contributed by atoms with E-state index in [-0.39, 0.29) is 19.0 Å². The Morgan fingerprint density at radius 2 is 2.18 bits per heavy atom.